The van der Waals surface area contributed by atoms with Crippen LogP contribution in [0.4, 0.5) is 0 Å². The second-order valence-corrected chi connectivity index (χ2v) is 6.26. The Morgan fingerprint density at radius 1 is 1.19 bits per heavy atom. The van der Waals surface area contributed by atoms with Crippen LogP contribution < -0.4 is 0 Å². The van der Waals surface area contributed by atoms with Crippen LogP contribution in [-0.2, 0) is 4.79 Å². The second kappa shape index (κ2) is 5.80. The van der Waals surface area contributed by atoms with Crippen LogP contribution in [0.3, 0.4) is 0 Å². The Bertz CT molecular complexity index is 480. The van der Waals surface area contributed by atoms with Gasteiger partial charge in [-0.15, -0.1) is 0 Å². The standard InChI is InChI=1S/C10H6Br4O2/c1-4(10(15)16)2-5-3-6(11)8(13)9(14)7(5)12/h2-3H,1H3,(H,15,16)/b4-2+. The molecule has 0 heterocycles. The molecule has 0 unspecified atom stereocenters. The molecule has 0 fully saturated rings. The maximum Gasteiger partial charge on any atom is 0.331 e. The minimum absolute atomic E-state index is 0.279. The van der Waals surface area contributed by atoms with E-state index in [0.29, 0.717) is 0 Å². The molecule has 0 bridgehead atoms. The third kappa shape index (κ3) is 3.18. The molecule has 1 aromatic carbocycles. The van der Waals surface area contributed by atoms with Crippen LogP contribution in [0.1, 0.15) is 12.5 Å². The number of rotatable bonds is 2. The third-order valence-corrected chi connectivity index (χ3v) is 6.53. The quantitative estimate of drug-likeness (QED) is 0.360. The van der Waals surface area contributed by atoms with Crippen LogP contribution in [-0.4, -0.2) is 11.1 Å². The maximum absolute atomic E-state index is 10.7. The summed E-state index contributed by atoms with van der Waals surface area (Å²) in [6.07, 6.45) is 1.61. The molecule has 1 aromatic rings. The van der Waals surface area contributed by atoms with Crippen LogP contribution >= 0.6 is 63.7 Å². The minimum atomic E-state index is -0.929. The molecule has 0 aromatic heterocycles. The molecule has 0 aliphatic carbocycles. The lowest BCUT2D eigenvalue weighted by Crippen LogP contribution is -1.96. The van der Waals surface area contributed by atoms with Crippen molar-refractivity contribution in [3.8, 4) is 0 Å². The van der Waals surface area contributed by atoms with E-state index in [0.717, 1.165) is 23.5 Å². The smallest absolute Gasteiger partial charge is 0.331 e. The van der Waals surface area contributed by atoms with Gasteiger partial charge in [0.25, 0.3) is 0 Å². The third-order valence-electron chi connectivity index (χ3n) is 1.84. The van der Waals surface area contributed by atoms with Gasteiger partial charge in [-0.05, 0) is 88.3 Å². The van der Waals surface area contributed by atoms with E-state index in [9.17, 15) is 4.79 Å². The van der Waals surface area contributed by atoms with Crippen molar-refractivity contribution in [2.75, 3.05) is 0 Å². The molecule has 2 nitrogen and oxygen atoms in total. The molecule has 16 heavy (non-hydrogen) atoms. The monoisotopic (exact) mass is 474 g/mol. The van der Waals surface area contributed by atoms with E-state index < -0.39 is 5.97 Å². The molecular weight excluding hydrogens is 472 g/mol. The predicted molar refractivity (Wildman–Crippen MR) is 78.5 cm³/mol. The fourth-order valence-corrected chi connectivity index (χ4v) is 3.15. The van der Waals surface area contributed by atoms with Crippen LogP contribution in [0.25, 0.3) is 6.08 Å². The van der Waals surface area contributed by atoms with Crippen molar-refractivity contribution in [3.63, 3.8) is 0 Å². The van der Waals surface area contributed by atoms with Gasteiger partial charge >= 0.3 is 5.97 Å². The zero-order chi connectivity index (χ0) is 12.5. The van der Waals surface area contributed by atoms with E-state index in [1.54, 1.807) is 13.0 Å². The highest BCUT2D eigenvalue weighted by Gasteiger charge is 2.11. The first-order valence-corrected chi connectivity index (χ1v) is 7.26. The summed E-state index contributed by atoms with van der Waals surface area (Å²) in [4.78, 5) is 10.7. The van der Waals surface area contributed by atoms with Crippen LogP contribution in [0.15, 0.2) is 29.5 Å². The Kier molecular flexibility index (Phi) is 5.22. The molecule has 86 valence electrons. The Hall–Kier alpha value is 0.350. The van der Waals surface area contributed by atoms with Crippen LogP contribution in [0.5, 0.6) is 0 Å². The fourth-order valence-electron chi connectivity index (χ4n) is 0.991. The number of carboxylic acids is 1. The molecule has 0 aliphatic heterocycles. The lowest BCUT2D eigenvalue weighted by molar-refractivity contribution is -0.132. The van der Waals surface area contributed by atoms with E-state index in [1.807, 2.05) is 6.07 Å². The second-order valence-electron chi connectivity index (χ2n) is 3.02. The number of carbonyl (C=O) groups is 1. The topological polar surface area (TPSA) is 37.3 Å². The lowest BCUT2D eigenvalue weighted by Gasteiger charge is -2.07. The van der Waals surface area contributed by atoms with Gasteiger partial charge in [-0.25, -0.2) is 4.79 Å². The van der Waals surface area contributed by atoms with E-state index in [2.05, 4.69) is 63.7 Å². The first-order valence-electron chi connectivity index (χ1n) is 4.09. The van der Waals surface area contributed by atoms with Gasteiger partial charge in [0.05, 0.1) is 0 Å². The molecule has 0 spiro atoms. The van der Waals surface area contributed by atoms with Crippen molar-refractivity contribution in [1.29, 1.82) is 0 Å². The zero-order valence-corrected chi connectivity index (χ0v) is 14.4. The first-order chi connectivity index (χ1) is 7.34. The number of aliphatic carboxylic acids is 1. The molecule has 1 N–H and O–H groups in total. The summed E-state index contributed by atoms with van der Waals surface area (Å²) in [5.74, 6) is -0.929. The number of carboxylic acid groups (broad SMARTS) is 1. The predicted octanol–water partition coefficient (Wildman–Crippen LogP) is 5.22. The average molecular weight is 478 g/mol. The summed E-state index contributed by atoms with van der Waals surface area (Å²) in [6, 6.07) is 1.84. The molecule has 1 rings (SSSR count). The number of halogens is 4. The highest BCUT2D eigenvalue weighted by atomic mass is 79.9. The zero-order valence-electron chi connectivity index (χ0n) is 8.02. The number of hydrogen-bond acceptors (Lipinski definition) is 1. The van der Waals surface area contributed by atoms with E-state index in [4.69, 9.17) is 5.11 Å². The largest absolute Gasteiger partial charge is 0.478 e. The summed E-state index contributed by atoms with van der Waals surface area (Å²) in [7, 11) is 0. The van der Waals surface area contributed by atoms with Gasteiger partial charge in [0.2, 0.25) is 0 Å². The van der Waals surface area contributed by atoms with E-state index >= 15 is 0 Å². The van der Waals surface area contributed by atoms with Crippen molar-refractivity contribution < 1.29 is 9.90 Å². The highest BCUT2D eigenvalue weighted by molar-refractivity contribution is 9.15. The van der Waals surface area contributed by atoms with Crippen LogP contribution in [0.2, 0.25) is 0 Å². The lowest BCUT2D eigenvalue weighted by atomic mass is 10.1. The van der Waals surface area contributed by atoms with E-state index in [1.165, 1.54) is 0 Å². The van der Waals surface area contributed by atoms with Gasteiger partial charge in [0.1, 0.15) is 0 Å². The van der Waals surface area contributed by atoms with Crippen molar-refractivity contribution in [2.45, 2.75) is 6.92 Å². The Labute approximate surface area is 127 Å². The summed E-state index contributed by atoms with van der Waals surface area (Å²) in [6.45, 7) is 1.55. The molecule has 6 heteroatoms. The number of benzene rings is 1. The summed E-state index contributed by atoms with van der Waals surface area (Å²) in [5.41, 5.74) is 1.07. The summed E-state index contributed by atoms with van der Waals surface area (Å²) < 4.78 is 3.38. The molecule has 0 amide bonds. The van der Waals surface area contributed by atoms with Gasteiger partial charge < -0.3 is 5.11 Å². The molecule has 0 radical (unpaired) electrons. The molecule has 0 aliphatic rings. The maximum atomic E-state index is 10.7. The summed E-state index contributed by atoms with van der Waals surface area (Å²) in [5, 5.41) is 8.81. The molecule has 0 saturated carbocycles. The molecular formula is C10H6Br4O2. The van der Waals surface area contributed by atoms with Gasteiger partial charge in [0.15, 0.2) is 0 Å². The van der Waals surface area contributed by atoms with Crippen LogP contribution in [0, 0.1) is 0 Å². The van der Waals surface area contributed by atoms with Gasteiger partial charge in [-0.3, -0.25) is 0 Å². The first kappa shape index (κ1) is 14.4. The molecule has 0 atom stereocenters. The average Bonchev–Trinajstić information content (AvgIpc) is 2.22. The molecule has 0 saturated heterocycles. The Morgan fingerprint density at radius 2 is 1.75 bits per heavy atom. The van der Waals surface area contributed by atoms with Crippen molar-refractivity contribution in [3.05, 3.63) is 35.1 Å². The van der Waals surface area contributed by atoms with Gasteiger partial charge in [0, 0.05) is 23.5 Å². The van der Waals surface area contributed by atoms with Crippen molar-refractivity contribution in [1.82, 2.24) is 0 Å². The SMILES string of the molecule is C/C(=C\c1cc(Br)c(Br)c(Br)c1Br)C(=O)O. The highest BCUT2D eigenvalue weighted by Crippen LogP contribution is 2.39. The number of hydrogen-bond donors (Lipinski definition) is 1. The van der Waals surface area contributed by atoms with Gasteiger partial charge in [-0.1, -0.05) is 0 Å². The minimum Gasteiger partial charge on any atom is -0.478 e. The fraction of sp³-hybridized carbons (Fsp3) is 0.100. The Balaban J connectivity index is 3.37. The normalized spacial score (nSPS) is 11.7. The van der Waals surface area contributed by atoms with Gasteiger partial charge in [-0.2, -0.15) is 0 Å². The van der Waals surface area contributed by atoms with Crippen molar-refractivity contribution in [2.24, 2.45) is 0 Å². The van der Waals surface area contributed by atoms with E-state index in [-0.39, 0.29) is 5.57 Å². The van der Waals surface area contributed by atoms with Crippen molar-refractivity contribution >= 4 is 75.8 Å². The Morgan fingerprint density at radius 3 is 2.25 bits per heavy atom. The summed E-state index contributed by atoms with van der Waals surface area (Å²) >= 11 is 13.6.